The van der Waals surface area contributed by atoms with Gasteiger partial charge in [-0.3, -0.25) is 0 Å². The Hall–Kier alpha value is -1.16. The van der Waals surface area contributed by atoms with Gasteiger partial charge in [0.1, 0.15) is 0 Å². The van der Waals surface area contributed by atoms with Gasteiger partial charge >= 0.3 is 0 Å². The van der Waals surface area contributed by atoms with Gasteiger partial charge in [0.05, 0.1) is 6.10 Å². The van der Waals surface area contributed by atoms with E-state index in [2.05, 4.69) is 29.0 Å². The summed E-state index contributed by atoms with van der Waals surface area (Å²) in [5.41, 5.74) is 2.25. The molecule has 0 amide bonds. The van der Waals surface area contributed by atoms with E-state index < -0.39 is 6.10 Å². The predicted molar refractivity (Wildman–Crippen MR) is 74.8 cm³/mol. The van der Waals surface area contributed by atoms with Crippen LogP contribution in [0.5, 0.6) is 0 Å². The van der Waals surface area contributed by atoms with Crippen LogP contribution in [-0.4, -0.2) is 5.11 Å². The van der Waals surface area contributed by atoms with Gasteiger partial charge in [0.25, 0.3) is 0 Å². The molecule has 3 heteroatoms. The molecule has 0 bridgehead atoms. The highest BCUT2D eigenvalue weighted by molar-refractivity contribution is 7.17. The Bertz CT molecular complexity index is 610. The quantitative estimate of drug-likeness (QED) is 0.747. The summed E-state index contributed by atoms with van der Waals surface area (Å²) in [7, 11) is 0. The summed E-state index contributed by atoms with van der Waals surface area (Å²) in [6, 6.07) is 10.3. The third-order valence-corrected chi connectivity index (χ3v) is 4.59. The molecular formula is C14H12OS2. The number of benzene rings is 1. The van der Waals surface area contributed by atoms with Gasteiger partial charge < -0.3 is 5.11 Å². The summed E-state index contributed by atoms with van der Waals surface area (Å²) < 4.78 is 1.20. The number of aliphatic hydroxyl groups excluding tert-OH is 1. The Labute approximate surface area is 108 Å². The number of rotatable bonds is 3. The molecule has 1 unspecified atom stereocenters. The van der Waals surface area contributed by atoms with Crippen LogP contribution < -0.4 is 0 Å². The Morgan fingerprint density at radius 3 is 2.88 bits per heavy atom. The smallest absolute Gasteiger partial charge is 0.0844 e. The number of hydrogen-bond acceptors (Lipinski definition) is 3. The molecule has 1 atom stereocenters. The van der Waals surface area contributed by atoms with Gasteiger partial charge in [-0.25, -0.2) is 0 Å². The van der Waals surface area contributed by atoms with Crippen LogP contribution in [0.4, 0.5) is 0 Å². The first-order chi connectivity index (χ1) is 8.34. The fourth-order valence-corrected chi connectivity index (χ4v) is 3.67. The summed E-state index contributed by atoms with van der Waals surface area (Å²) in [5.74, 6) is 0. The summed E-state index contributed by atoms with van der Waals surface area (Å²) in [5, 5.41) is 17.8. The average Bonchev–Trinajstić information content (AvgIpc) is 2.97. The van der Waals surface area contributed by atoms with Crippen LogP contribution in [0.1, 0.15) is 17.2 Å². The van der Waals surface area contributed by atoms with Gasteiger partial charge in [-0.15, -0.1) is 11.3 Å². The van der Waals surface area contributed by atoms with Crippen LogP contribution >= 0.6 is 22.7 Å². The third-order valence-electron chi connectivity index (χ3n) is 2.88. The maximum absolute atomic E-state index is 10.3. The average molecular weight is 260 g/mol. The van der Waals surface area contributed by atoms with Gasteiger partial charge in [-0.1, -0.05) is 18.2 Å². The van der Waals surface area contributed by atoms with Crippen LogP contribution in [-0.2, 0) is 6.42 Å². The summed E-state index contributed by atoms with van der Waals surface area (Å²) in [6.45, 7) is 0. The SMILES string of the molecule is OC(Cc1ccsc1)c1cccc2ccsc12. The van der Waals surface area contributed by atoms with Crippen LogP contribution in [0.25, 0.3) is 10.1 Å². The first-order valence-electron chi connectivity index (χ1n) is 5.50. The molecular weight excluding hydrogens is 248 g/mol. The topological polar surface area (TPSA) is 20.2 Å². The highest BCUT2D eigenvalue weighted by Gasteiger charge is 2.12. The van der Waals surface area contributed by atoms with Gasteiger partial charge in [0, 0.05) is 11.1 Å². The second-order valence-corrected chi connectivity index (χ2v) is 5.73. The maximum atomic E-state index is 10.3. The normalized spacial score (nSPS) is 13.0. The molecule has 1 N–H and O–H groups in total. The fraction of sp³-hybridized carbons (Fsp3) is 0.143. The highest BCUT2D eigenvalue weighted by atomic mass is 32.1. The zero-order valence-electron chi connectivity index (χ0n) is 9.17. The Morgan fingerprint density at radius 2 is 2.06 bits per heavy atom. The first-order valence-corrected chi connectivity index (χ1v) is 7.32. The summed E-state index contributed by atoms with van der Waals surface area (Å²) in [6.07, 6.45) is 0.285. The zero-order chi connectivity index (χ0) is 11.7. The second-order valence-electron chi connectivity index (χ2n) is 4.04. The summed E-state index contributed by atoms with van der Waals surface area (Å²) >= 11 is 3.37. The monoisotopic (exact) mass is 260 g/mol. The van der Waals surface area contributed by atoms with E-state index in [0.29, 0.717) is 6.42 Å². The third kappa shape index (κ3) is 2.14. The number of aliphatic hydroxyl groups is 1. The van der Waals surface area contributed by atoms with E-state index in [1.165, 1.54) is 15.6 Å². The van der Waals surface area contributed by atoms with E-state index >= 15 is 0 Å². The minimum atomic E-state index is -0.410. The lowest BCUT2D eigenvalue weighted by Gasteiger charge is -2.11. The van der Waals surface area contributed by atoms with Crippen LogP contribution in [0, 0.1) is 0 Å². The molecule has 86 valence electrons. The van der Waals surface area contributed by atoms with E-state index in [4.69, 9.17) is 0 Å². The maximum Gasteiger partial charge on any atom is 0.0844 e. The van der Waals surface area contributed by atoms with Gasteiger partial charge in [0.15, 0.2) is 0 Å². The molecule has 1 nitrogen and oxygen atoms in total. The molecule has 0 fully saturated rings. The van der Waals surface area contributed by atoms with E-state index in [-0.39, 0.29) is 0 Å². The summed E-state index contributed by atoms with van der Waals surface area (Å²) in [4.78, 5) is 0. The van der Waals surface area contributed by atoms with E-state index in [9.17, 15) is 5.11 Å². The van der Waals surface area contributed by atoms with Crippen molar-refractivity contribution < 1.29 is 5.11 Å². The van der Waals surface area contributed by atoms with Crippen molar-refractivity contribution in [1.29, 1.82) is 0 Å². The van der Waals surface area contributed by atoms with Crippen molar-refractivity contribution in [2.45, 2.75) is 12.5 Å². The lowest BCUT2D eigenvalue weighted by Crippen LogP contribution is -2.00. The molecule has 0 aliphatic heterocycles. The van der Waals surface area contributed by atoms with Gasteiger partial charge in [-0.05, 0) is 44.8 Å². The van der Waals surface area contributed by atoms with Crippen LogP contribution in [0.2, 0.25) is 0 Å². The highest BCUT2D eigenvalue weighted by Crippen LogP contribution is 2.30. The molecule has 17 heavy (non-hydrogen) atoms. The van der Waals surface area contributed by atoms with E-state index in [0.717, 1.165) is 5.56 Å². The first kappa shape index (κ1) is 11.0. The van der Waals surface area contributed by atoms with Gasteiger partial charge in [0.2, 0.25) is 0 Å². The molecule has 0 spiro atoms. The Morgan fingerprint density at radius 1 is 1.12 bits per heavy atom. The minimum Gasteiger partial charge on any atom is -0.388 e. The molecule has 2 heterocycles. The molecule has 2 aromatic heterocycles. The predicted octanol–water partition coefficient (Wildman–Crippen LogP) is 4.24. The number of hydrogen-bond donors (Lipinski definition) is 1. The molecule has 0 radical (unpaired) electrons. The molecule has 0 aliphatic carbocycles. The lowest BCUT2D eigenvalue weighted by molar-refractivity contribution is 0.180. The Kier molecular flexibility index (Phi) is 2.97. The fourth-order valence-electron chi connectivity index (χ4n) is 2.02. The standard InChI is InChI=1S/C14H12OS2/c15-13(8-10-4-6-16-9-10)12-3-1-2-11-5-7-17-14(11)12/h1-7,9,13,15H,8H2. The van der Waals surface area contributed by atoms with Crippen LogP contribution in [0.15, 0.2) is 46.5 Å². The number of fused-ring (bicyclic) bond motifs is 1. The second kappa shape index (κ2) is 4.61. The zero-order valence-corrected chi connectivity index (χ0v) is 10.8. The van der Waals surface area contributed by atoms with E-state index in [1.807, 2.05) is 17.5 Å². The molecule has 0 saturated carbocycles. The van der Waals surface area contributed by atoms with Crippen molar-refractivity contribution in [2.75, 3.05) is 0 Å². The largest absolute Gasteiger partial charge is 0.388 e. The van der Waals surface area contributed by atoms with Crippen molar-refractivity contribution in [1.82, 2.24) is 0 Å². The molecule has 3 aromatic rings. The Balaban J connectivity index is 1.95. The number of thiophene rings is 2. The van der Waals surface area contributed by atoms with Crippen molar-refractivity contribution >= 4 is 32.8 Å². The molecule has 3 rings (SSSR count). The molecule has 0 saturated heterocycles. The molecule has 1 aromatic carbocycles. The van der Waals surface area contributed by atoms with Crippen molar-refractivity contribution in [3.63, 3.8) is 0 Å². The van der Waals surface area contributed by atoms with Crippen LogP contribution in [0.3, 0.4) is 0 Å². The lowest BCUT2D eigenvalue weighted by atomic mass is 10.0. The minimum absolute atomic E-state index is 0.410. The molecule has 0 aliphatic rings. The van der Waals surface area contributed by atoms with Gasteiger partial charge in [-0.2, -0.15) is 11.3 Å². The van der Waals surface area contributed by atoms with E-state index in [1.54, 1.807) is 22.7 Å². The van der Waals surface area contributed by atoms with Crippen molar-refractivity contribution in [3.8, 4) is 0 Å². The van der Waals surface area contributed by atoms with Crippen molar-refractivity contribution in [3.05, 3.63) is 57.6 Å². The van der Waals surface area contributed by atoms with Crippen molar-refractivity contribution in [2.24, 2.45) is 0 Å².